The number of ether oxygens (including phenoxy) is 4. The second kappa shape index (κ2) is 22.0. The van der Waals surface area contributed by atoms with Crippen LogP contribution in [0.4, 0.5) is 0 Å². The lowest BCUT2D eigenvalue weighted by Gasteiger charge is -2.38. The smallest absolute Gasteiger partial charge is 0.310 e. The lowest BCUT2D eigenvalue weighted by molar-refractivity contribution is -0.415. The molecule has 0 N–H and O–H groups in total. The van der Waals surface area contributed by atoms with Crippen molar-refractivity contribution in [1.29, 1.82) is 0 Å². The Labute approximate surface area is 188 Å². The summed E-state index contributed by atoms with van der Waals surface area (Å²) in [5.74, 6) is -1.07. The minimum absolute atomic E-state index is 0.173. The van der Waals surface area contributed by atoms with Gasteiger partial charge in [0, 0.05) is 26.4 Å². The van der Waals surface area contributed by atoms with Crippen molar-refractivity contribution >= 4 is 0 Å². The van der Waals surface area contributed by atoms with E-state index in [0.717, 1.165) is 25.9 Å². The molecule has 30 heavy (non-hydrogen) atoms. The molecule has 0 saturated heterocycles. The third kappa shape index (κ3) is 14.8. The summed E-state index contributed by atoms with van der Waals surface area (Å²) >= 11 is 0. The molecule has 0 radical (unpaired) electrons. The van der Waals surface area contributed by atoms with Crippen molar-refractivity contribution in [3.63, 3.8) is 0 Å². The zero-order chi connectivity index (χ0) is 22.3. The van der Waals surface area contributed by atoms with Gasteiger partial charge in [0.25, 0.3) is 0 Å². The Morgan fingerprint density at radius 1 is 0.500 bits per heavy atom. The molecule has 0 heterocycles. The molecule has 0 fully saturated rings. The van der Waals surface area contributed by atoms with Crippen LogP contribution < -0.4 is 0 Å². The quantitative estimate of drug-likeness (QED) is 0.115. The van der Waals surface area contributed by atoms with Gasteiger partial charge in [-0.2, -0.15) is 0 Å². The Bertz CT molecular complexity index is 318. The standard InChI is InChI=1S/C26H54O4/c1-6-11-13-15-17-18-20-22-24-27-25(23-21-19-16-14-12-7-2)26(28-8-3,29-9-4)30-10-5/h25H,6-24H2,1-5H3. The summed E-state index contributed by atoms with van der Waals surface area (Å²) < 4.78 is 24.5. The van der Waals surface area contributed by atoms with Crippen molar-refractivity contribution in [3.05, 3.63) is 0 Å². The Morgan fingerprint density at radius 2 is 0.900 bits per heavy atom. The van der Waals surface area contributed by atoms with Gasteiger partial charge in [0.2, 0.25) is 0 Å². The molecule has 0 aromatic rings. The SMILES string of the molecule is CCCCCCCCCCOC(CCCCCCCC)C(OCC)(OCC)OCC. The fourth-order valence-corrected chi connectivity index (χ4v) is 3.94. The number of unbranched alkanes of at least 4 members (excludes halogenated alkanes) is 12. The van der Waals surface area contributed by atoms with Gasteiger partial charge in [0.05, 0.1) is 0 Å². The zero-order valence-electron chi connectivity index (χ0n) is 21.1. The Balaban J connectivity index is 4.56. The molecule has 0 amide bonds. The van der Waals surface area contributed by atoms with Gasteiger partial charge in [-0.25, -0.2) is 0 Å². The molecule has 1 atom stereocenters. The molecule has 0 bridgehead atoms. The summed E-state index contributed by atoms with van der Waals surface area (Å²) in [6.07, 6.45) is 18.8. The van der Waals surface area contributed by atoms with Crippen molar-refractivity contribution in [2.24, 2.45) is 0 Å². The van der Waals surface area contributed by atoms with E-state index in [2.05, 4.69) is 13.8 Å². The van der Waals surface area contributed by atoms with Crippen LogP contribution in [-0.4, -0.2) is 38.5 Å². The van der Waals surface area contributed by atoms with Crippen molar-refractivity contribution in [1.82, 2.24) is 0 Å². The van der Waals surface area contributed by atoms with Gasteiger partial charge in [-0.15, -0.1) is 0 Å². The van der Waals surface area contributed by atoms with Gasteiger partial charge in [-0.1, -0.05) is 97.3 Å². The average molecular weight is 431 g/mol. The highest BCUT2D eigenvalue weighted by Gasteiger charge is 2.42. The first-order valence-corrected chi connectivity index (χ1v) is 13.2. The normalized spacial score (nSPS) is 13.1. The first kappa shape index (κ1) is 29.8. The maximum absolute atomic E-state index is 6.36. The second-order valence-corrected chi connectivity index (χ2v) is 8.29. The summed E-state index contributed by atoms with van der Waals surface area (Å²) in [6, 6.07) is 0. The van der Waals surface area contributed by atoms with Crippen LogP contribution in [0, 0.1) is 0 Å². The van der Waals surface area contributed by atoms with E-state index in [1.54, 1.807) is 0 Å². The maximum atomic E-state index is 6.36. The van der Waals surface area contributed by atoms with E-state index in [4.69, 9.17) is 18.9 Å². The Kier molecular flexibility index (Phi) is 21.9. The predicted molar refractivity (Wildman–Crippen MR) is 128 cm³/mol. The molecule has 0 rings (SSSR count). The van der Waals surface area contributed by atoms with Gasteiger partial charge in [0.15, 0.2) is 0 Å². The fourth-order valence-electron chi connectivity index (χ4n) is 3.94. The average Bonchev–Trinajstić information content (AvgIpc) is 2.74. The van der Waals surface area contributed by atoms with Crippen molar-refractivity contribution in [2.75, 3.05) is 26.4 Å². The minimum atomic E-state index is -1.07. The van der Waals surface area contributed by atoms with Crippen LogP contribution in [0.3, 0.4) is 0 Å². The summed E-state index contributed by atoms with van der Waals surface area (Å²) in [5, 5.41) is 0. The van der Waals surface area contributed by atoms with E-state index in [-0.39, 0.29) is 6.10 Å². The highest BCUT2D eigenvalue weighted by molar-refractivity contribution is 4.73. The first-order valence-electron chi connectivity index (χ1n) is 13.2. The third-order valence-electron chi connectivity index (χ3n) is 5.57. The molecule has 0 aromatic carbocycles. The van der Waals surface area contributed by atoms with E-state index >= 15 is 0 Å². The molecule has 0 spiro atoms. The van der Waals surface area contributed by atoms with E-state index in [0.29, 0.717) is 19.8 Å². The molecule has 0 aromatic heterocycles. The number of hydrogen-bond donors (Lipinski definition) is 0. The molecular formula is C26H54O4. The minimum Gasteiger partial charge on any atom is -0.370 e. The van der Waals surface area contributed by atoms with Crippen molar-refractivity contribution in [2.45, 2.75) is 143 Å². The Morgan fingerprint density at radius 3 is 1.33 bits per heavy atom. The number of rotatable bonds is 24. The van der Waals surface area contributed by atoms with Crippen LogP contribution in [0.25, 0.3) is 0 Å². The van der Waals surface area contributed by atoms with Crippen LogP contribution in [0.2, 0.25) is 0 Å². The van der Waals surface area contributed by atoms with Crippen molar-refractivity contribution < 1.29 is 18.9 Å². The van der Waals surface area contributed by atoms with Gasteiger partial charge in [-0.3, -0.25) is 0 Å². The highest BCUT2D eigenvalue weighted by Crippen LogP contribution is 2.28. The molecular weight excluding hydrogens is 376 g/mol. The molecule has 4 heteroatoms. The summed E-state index contributed by atoms with van der Waals surface area (Å²) in [4.78, 5) is 0. The maximum Gasteiger partial charge on any atom is 0.310 e. The van der Waals surface area contributed by atoms with Gasteiger partial charge in [0.1, 0.15) is 6.10 Å². The lowest BCUT2D eigenvalue weighted by atomic mass is 10.1. The molecule has 0 aliphatic rings. The topological polar surface area (TPSA) is 36.9 Å². The fraction of sp³-hybridized carbons (Fsp3) is 1.00. The predicted octanol–water partition coefficient (Wildman–Crippen LogP) is 8.03. The number of hydrogen-bond acceptors (Lipinski definition) is 4. The summed E-state index contributed by atoms with van der Waals surface area (Å²) in [7, 11) is 0. The molecule has 0 aliphatic heterocycles. The van der Waals surface area contributed by atoms with E-state index in [1.807, 2.05) is 20.8 Å². The highest BCUT2D eigenvalue weighted by atomic mass is 16.9. The van der Waals surface area contributed by atoms with Gasteiger partial charge >= 0.3 is 5.97 Å². The van der Waals surface area contributed by atoms with Crippen LogP contribution in [0.5, 0.6) is 0 Å². The molecule has 0 saturated carbocycles. The van der Waals surface area contributed by atoms with E-state index < -0.39 is 5.97 Å². The monoisotopic (exact) mass is 430 g/mol. The summed E-state index contributed by atoms with van der Waals surface area (Å²) in [6.45, 7) is 12.9. The van der Waals surface area contributed by atoms with Crippen LogP contribution in [0.15, 0.2) is 0 Å². The van der Waals surface area contributed by atoms with Crippen LogP contribution in [0.1, 0.15) is 131 Å². The Hall–Kier alpha value is -0.160. The lowest BCUT2D eigenvalue weighted by Crippen LogP contribution is -2.51. The van der Waals surface area contributed by atoms with Crippen molar-refractivity contribution in [3.8, 4) is 0 Å². The van der Waals surface area contributed by atoms with E-state index in [1.165, 1.54) is 77.0 Å². The molecule has 182 valence electrons. The molecule has 1 unspecified atom stereocenters. The third-order valence-corrected chi connectivity index (χ3v) is 5.57. The summed E-state index contributed by atoms with van der Waals surface area (Å²) in [5.41, 5.74) is 0. The van der Waals surface area contributed by atoms with E-state index in [9.17, 15) is 0 Å². The van der Waals surface area contributed by atoms with Crippen LogP contribution >= 0.6 is 0 Å². The van der Waals surface area contributed by atoms with Gasteiger partial charge < -0.3 is 18.9 Å². The first-order chi connectivity index (χ1) is 14.7. The molecule has 0 aliphatic carbocycles. The van der Waals surface area contributed by atoms with Crippen LogP contribution in [-0.2, 0) is 18.9 Å². The van der Waals surface area contributed by atoms with Gasteiger partial charge in [-0.05, 0) is 33.6 Å². The zero-order valence-corrected chi connectivity index (χ0v) is 21.1. The largest absolute Gasteiger partial charge is 0.370 e. The second-order valence-electron chi connectivity index (χ2n) is 8.29. The molecule has 4 nitrogen and oxygen atoms in total.